The van der Waals surface area contributed by atoms with E-state index in [-0.39, 0.29) is 31.4 Å². The Kier molecular flexibility index (Phi) is 6.31. The Hall–Kier alpha value is -3.14. The first-order valence-electron chi connectivity index (χ1n) is 10.2. The molecule has 1 aliphatic heterocycles. The zero-order chi connectivity index (χ0) is 22.8. The van der Waals surface area contributed by atoms with Crippen molar-refractivity contribution < 1.29 is 19.7 Å². The molecule has 1 unspecified atom stereocenters. The van der Waals surface area contributed by atoms with Crippen LogP contribution < -0.4 is 9.64 Å². The van der Waals surface area contributed by atoms with E-state index in [0.717, 1.165) is 5.56 Å². The highest BCUT2D eigenvalue weighted by Crippen LogP contribution is 2.35. The minimum absolute atomic E-state index is 0.0944. The van der Waals surface area contributed by atoms with Crippen molar-refractivity contribution in [1.29, 1.82) is 0 Å². The molecule has 0 saturated heterocycles. The normalized spacial score (nSPS) is 15.8. The molecule has 4 rings (SSSR count). The molecule has 32 heavy (non-hydrogen) atoms. The Labute approximate surface area is 190 Å². The lowest BCUT2D eigenvalue weighted by Gasteiger charge is -2.38. The van der Waals surface area contributed by atoms with E-state index in [0.29, 0.717) is 28.7 Å². The van der Waals surface area contributed by atoms with Crippen molar-refractivity contribution >= 4 is 23.3 Å². The fourth-order valence-corrected chi connectivity index (χ4v) is 3.60. The van der Waals surface area contributed by atoms with Gasteiger partial charge in [-0.2, -0.15) is 4.98 Å². The number of nitrogens with zero attached hydrogens (tertiary/aromatic N) is 5. The average Bonchev–Trinajstić information content (AvgIpc) is 3.13. The van der Waals surface area contributed by atoms with Crippen molar-refractivity contribution in [2.75, 3.05) is 25.1 Å². The number of amides is 1. The number of rotatable bonds is 7. The Morgan fingerprint density at radius 2 is 1.94 bits per heavy atom. The summed E-state index contributed by atoms with van der Waals surface area (Å²) in [6.45, 7) is 2.29. The van der Waals surface area contributed by atoms with E-state index in [2.05, 4.69) is 9.97 Å². The van der Waals surface area contributed by atoms with Gasteiger partial charge in [-0.3, -0.25) is 19.2 Å². The van der Waals surface area contributed by atoms with Crippen LogP contribution in [-0.2, 0) is 6.54 Å². The monoisotopic (exact) mass is 457 g/mol. The van der Waals surface area contributed by atoms with Gasteiger partial charge in [0.25, 0.3) is 5.91 Å². The number of ether oxygens (including phenoxy) is 1. The molecule has 0 fully saturated rings. The molecular weight excluding hydrogens is 434 g/mol. The van der Waals surface area contributed by atoms with E-state index < -0.39 is 12.3 Å². The molecule has 3 heterocycles. The highest BCUT2D eigenvalue weighted by Gasteiger charge is 2.40. The largest absolute Gasteiger partial charge is 0.425 e. The van der Waals surface area contributed by atoms with Gasteiger partial charge < -0.3 is 19.8 Å². The minimum Gasteiger partial charge on any atom is -0.425 e. The Morgan fingerprint density at radius 1 is 1.19 bits per heavy atom. The first kappa shape index (κ1) is 22.1. The van der Waals surface area contributed by atoms with E-state index in [1.54, 1.807) is 23.7 Å². The second-order valence-electron chi connectivity index (χ2n) is 7.57. The predicted molar refractivity (Wildman–Crippen MR) is 119 cm³/mol. The molecule has 1 aromatic carbocycles. The van der Waals surface area contributed by atoms with E-state index in [4.69, 9.17) is 16.3 Å². The average molecular weight is 458 g/mol. The number of carbonyl (C=O) groups is 1. The highest BCUT2D eigenvalue weighted by atomic mass is 35.5. The molecular formula is C22H24ClN5O4. The fourth-order valence-electron chi connectivity index (χ4n) is 3.49. The Balaban J connectivity index is 1.78. The highest BCUT2D eigenvalue weighted by molar-refractivity contribution is 6.30. The zero-order valence-electron chi connectivity index (χ0n) is 17.8. The van der Waals surface area contributed by atoms with Gasteiger partial charge in [-0.05, 0) is 37.6 Å². The van der Waals surface area contributed by atoms with Crippen LogP contribution in [-0.4, -0.2) is 62.1 Å². The van der Waals surface area contributed by atoms with E-state index in [9.17, 15) is 15.0 Å². The molecule has 168 valence electrons. The predicted octanol–water partition coefficient (Wildman–Crippen LogP) is 2.63. The maximum absolute atomic E-state index is 13.4. The van der Waals surface area contributed by atoms with Crippen LogP contribution in [0.15, 0.2) is 42.6 Å². The molecule has 0 radical (unpaired) electrons. The van der Waals surface area contributed by atoms with Crippen molar-refractivity contribution in [2.45, 2.75) is 26.2 Å². The number of aryl methyl sites for hydroxylation is 1. The van der Waals surface area contributed by atoms with Gasteiger partial charge in [-0.1, -0.05) is 29.3 Å². The molecule has 2 N–H and O–H groups in total. The fraction of sp³-hybridized carbons (Fsp3) is 0.318. The van der Waals surface area contributed by atoms with Crippen LogP contribution in [0.2, 0.25) is 5.02 Å². The summed E-state index contributed by atoms with van der Waals surface area (Å²) in [6, 6.07) is 11.2. The number of anilines is 1. The zero-order valence-corrected chi connectivity index (χ0v) is 18.5. The number of benzene rings is 1. The molecule has 9 nitrogen and oxygen atoms in total. The summed E-state index contributed by atoms with van der Waals surface area (Å²) < 4.78 is 7.68. The molecule has 0 saturated carbocycles. The van der Waals surface area contributed by atoms with Crippen LogP contribution in [0.5, 0.6) is 11.8 Å². The molecule has 3 aromatic rings. The van der Waals surface area contributed by atoms with Crippen LogP contribution in [0.1, 0.15) is 28.2 Å². The summed E-state index contributed by atoms with van der Waals surface area (Å²) in [5.74, 6) is 0.467. The molecule has 1 amide bonds. The number of pyridine rings is 1. The summed E-state index contributed by atoms with van der Waals surface area (Å²) >= 11 is 5.96. The maximum atomic E-state index is 13.4. The number of fused-ring (bicyclic) bond motifs is 1. The van der Waals surface area contributed by atoms with Crippen molar-refractivity contribution in [3.8, 4) is 11.8 Å². The van der Waals surface area contributed by atoms with E-state index >= 15 is 0 Å². The molecule has 2 aromatic heterocycles. The maximum Gasteiger partial charge on any atom is 0.304 e. The lowest BCUT2D eigenvalue weighted by Crippen LogP contribution is -2.54. The number of aliphatic hydroxyl groups excluding tert-OH is 2. The van der Waals surface area contributed by atoms with Crippen molar-refractivity contribution in [1.82, 2.24) is 19.4 Å². The second-order valence-corrected chi connectivity index (χ2v) is 8.01. The van der Waals surface area contributed by atoms with Gasteiger partial charge in [-0.25, -0.2) is 0 Å². The SMILES string of the molecule is Cc1ccc(Oc2nc3c(n2Cc2ccc(Cl)cn2)C(=O)N(CCCO)C(O)N3C)cc1. The van der Waals surface area contributed by atoms with Gasteiger partial charge in [-0.15, -0.1) is 0 Å². The molecule has 10 heteroatoms. The molecule has 0 bridgehead atoms. The van der Waals surface area contributed by atoms with Crippen LogP contribution in [0, 0.1) is 6.92 Å². The number of carbonyl (C=O) groups excluding carboxylic acids is 1. The number of hydrogen-bond donors (Lipinski definition) is 2. The number of halogens is 1. The lowest BCUT2D eigenvalue weighted by molar-refractivity contribution is 0.00112. The van der Waals surface area contributed by atoms with Gasteiger partial charge in [0, 0.05) is 26.4 Å². The molecule has 1 atom stereocenters. The summed E-state index contributed by atoms with van der Waals surface area (Å²) in [5.41, 5.74) is 2.02. The van der Waals surface area contributed by atoms with Crippen molar-refractivity contribution in [2.24, 2.45) is 0 Å². The number of imidazole rings is 1. The van der Waals surface area contributed by atoms with Crippen LogP contribution in [0.25, 0.3) is 0 Å². The molecule has 0 aliphatic carbocycles. The third-order valence-corrected chi connectivity index (χ3v) is 5.46. The summed E-state index contributed by atoms with van der Waals surface area (Å²) in [4.78, 5) is 25.0. The minimum atomic E-state index is -1.20. The third-order valence-electron chi connectivity index (χ3n) is 5.23. The summed E-state index contributed by atoms with van der Waals surface area (Å²) in [7, 11) is 1.65. The van der Waals surface area contributed by atoms with Crippen LogP contribution >= 0.6 is 11.6 Å². The van der Waals surface area contributed by atoms with E-state index in [1.807, 2.05) is 31.2 Å². The van der Waals surface area contributed by atoms with Gasteiger partial charge in [0.2, 0.25) is 6.35 Å². The third kappa shape index (κ3) is 4.27. The second kappa shape index (κ2) is 9.15. The smallest absolute Gasteiger partial charge is 0.304 e. The van der Waals surface area contributed by atoms with Gasteiger partial charge in [0.1, 0.15) is 5.75 Å². The van der Waals surface area contributed by atoms with Crippen LogP contribution in [0.4, 0.5) is 5.82 Å². The molecule has 1 aliphatic rings. The van der Waals surface area contributed by atoms with Gasteiger partial charge in [0.15, 0.2) is 11.5 Å². The quantitative estimate of drug-likeness (QED) is 0.562. The Morgan fingerprint density at radius 3 is 2.59 bits per heavy atom. The number of aliphatic hydroxyl groups is 2. The van der Waals surface area contributed by atoms with Gasteiger partial charge >= 0.3 is 6.01 Å². The standard InChI is InChI=1S/C22H24ClN5O4/c1-14-4-8-17(9-5-14)32-21-25-19-18(28(21)13-16-7-6-15(23)12-24-16)20(30)27(10-3-11-29)22(31)26(19)2/h4-9,12,22,29,31H,3,10-11,13H2,1-2H3. The Bertz CT molecular complexity index is 1100. The first-order chi connectivity index (χ1) is 15.4. The number of hydrogen-bond acceptors (Lipinski definition) is 7. The van der Waals surface area contributed by atoms with Crippen LogP contribution in [0.3, 0.4) is 0 Å². The molecule has 0 spiro atoms. The van der Waals surface area contributed by atoms with E-state index in [1.165, 1.54) is 16.0 Å². The topological polar surface area (TPSA) is 104 Å². The van der Waals surface area contributed by atoms with Crippen molar-refractivity contribution in [3.63, 3.8) is 0 Å². The van der Waals surface area contributed by atoms with Crippen molar-refractivity contribution in [3.05, 3.63) is 64.6 Å². The lowest BCUT2D eigenvalue weighted by atomic mass is 10.2. The van der Waals surface area contributed by atoms with Gasteiger partial charge in [0.05, 0.1) is 17.3 Å². The summed E-state index contributed by atoms with van der Waals surface area (Å²) in [5, 5.41) is 20.4. The number of aromatic nitrogens is 3. The first-order valence-corrected chi connectivity index (χ1v) is 10.5. The summed E-state index contributed by atoms with van der Waals surface area (Å²) in [6.07, 6.45) is 0.670.